The first-order valence-corrected chi connectivity index (χ1v) is 10.9. The molecule has 0 unspecified atom stereocenters. The predicted molar refractivity (Wildman–Crippen MR) is 131 cm³/mol. The summed E-state index contributed by atoms with van der Waals surface area (Å²) in [4.78, 5) is 7.01. The maximum Gasteiger partial charge on any atom is 0.194 e. The lowest BCUT2D eigenvalue weighted by atomic mass is 10.1. The number of thioether (sulfide) groups is 1. The number of nitrogens with one attached hydrogen (secondary N) is 1. The molecule has 0 spiro atoms. The summed E-state index contributed by atoms with van der Waals surface area (Å²) in [6.07, 6.45) is 5.92. The molecular weight excluding hydrogens is 483 g/mol. The number of benzene rings is 1. The predicted octanol–water partition coefficient (Wildman–Crippen LogP) is 3.60. The Bertz CT molecular complexity index is 701. The largest absolute Gasteiger partial charge is 0.354 e. The Morgan fingerprint density at radius 1 is 1.29 bits per heavy atom. The minimum Gasteiger partial charge on any atom is -0.354 e. The standard InChI is InChI=1S/C20H32N6S.HI/c1-5-19-24-23-16-26(19)13-12-22-20(21-11-6-14-27-4)25(3)15-18-9-7-17(2)8-10-18;/h7-10,16H,5-6,11-15H2,1-4H3,(H,21,22);1H. The summed E-state index contributed by atoms with van der Waals surface area (Å²) in [5.41, 5.74) is 2.57. The van der Waals surface area contributed by atoms with Gasteiger partial charge in [0.05, 0.1) is 0 Å². The number of guanidine groups is 1. The summed E-state index contributed by atoms with van der Waals surface area (Å²) in [6.45, 7) is 7.52. The molecule has 8 heteroatoms. The van der Waals surface area contributed by atoms with E-state index in [0.717, 1.165) is 56.6 Å². The van der Waals surface area contributed by atoms with Crippen LogP contribution in [-0.2, 0) is 19.5 Å². The van der Waals surface area contributed by atoms with E-state index in [-0.39, 0.29) is 24.0 Å². The van der Waals surface area contributed by atoms with Gasteiger partial charge in [-0.2, -0.15) is 11.8 Å². The van der Waals surface area contributed by atoms with Gasteiger partial charge in [-0.3, -0.25) is 4.99 Å². The second kappa shape index (κ2) is 13.8. The van der Waals surface area contributed by atoms with E-state index < -0.39 is 0 Å². The van der Waals surface area contributed by atoms with Crippen molar-refractivity contribution in [1.29, 1.82) is 0 Å². The number of rotatable bonds is 10. The third-order valence-corrected chi connectivity index (χ3v) is 5.01. The number of aromatic nitrogens is 3. The summed E-state index contributed by atoms with van der Waals surface area (Å²) in [5, 5.41) is 11.7. The van der Waals surface area contributed by atoms with Crippen LogP contribution in [0.25, 0.3) is 0 Å². The molecule has 0 fully saturated rings. The van der Waals surface area contributed by atoms with E-state index in [1.165, 1.54) is 11.1 Å². The third-order valence-electron chi connectivity index (χ3n) is 4.32. The number of halogens is 1. The van der Waals surface area contributed by atoms with Crippen molar-refractivity contribution in [1.82, 2.24) is 25.0 Å². The van der Waals surface area contributed by atoms with E-state index in [1.54, 1.807) is 6.33 Å². The first kappa shape index (κ1) is 24.7. The average molecular weight is 516 g/mol. The highest BCUT2D eigenvalue weighted by molar-refractivity contribution is 14.0. The molecule has 2 aromatic rings. The summed E-state index contributed by atoms with van der Waals surface area (Å²) >= 11 is 1.87. The van der Waals surface area contributed by atoms with E-state index in [2.05, 4.69) is 76.4 Å². The molecule has 6 nitrogen and oxygen atoms in total. The molecule has 1 aromatic heterocycles. The summed E-state index contributed by atoms with van der Waals surface area (Å²) < 4.78 is 2.10. The van der Waals surface area contributed by atoms with E-state index in [9.17, 15) is 0 Å². The lowest BCUT2D eigenvalue weighted by molar-refractivity contribution is 0.470. The van der Waals surface area contributed by atoms with Gasteiger partial charge < -0.3 is 14.8 Å². The fourth-order valence-corrected chi connectivity index (χ4v) is 3.19. The van der Waals surface area contributed by atoms with Gasteiger partial charge in [-0.1, -0.05) is 36.8 Å². The van der Waals surface area contributed by atoms with Gasteiger partial charge in [-0.15, -0.1) is 34.2 Å². The smallest absolute Gasteiger partial charge is 0.194 e. The van der Waals surface area contributed by atoms with Crippen LogP contribution in [0, 0.1) is 6.92 Å². The quantitative estimate of drug-likeness (QED) is 0.226. The van der Waals surface area contributed by atoms with Crippen LogP contribution in [0.4, 0.5) is 0 Å². The van der Waals surface area contributed by atoms with Crippen molar-refractivity contribution in [3.8, 4) is 0 Å². The van der Waals surface area contributed by atoms with Crippen LogP contribution >= 0.6 is 35.7 Å². The molecule has 156 valence electrons. The molecule has 0 bridgehead atoms. The van der Waals surface area contributed by atoms with Crippen molar-refractivity contribution >= 4 is 41.7 Å². The Kier molecular flexibility index (Phi) is 12.2. The van der Waals surface area contributed by atoms with Gasteiger partial charge >= 0.3 is 0 Å². The molecule has 0 aliphatic heterocycles. The number of hydrogen-bond donors (Lipinski definition) is 1. The van der Waals surface area contributed by atoms with Crippen molar-refractivity contribution < 1.29 is 0 Å². The first-order chi connectivity index (χ1) is 13.1. The van der Waals surface area contributed by atoms with Gasteiger partial charge in [-0.05, 0) is 30.9 Å². The summed E-state index contributed by atoms with van der Waals surface area (Å²) in [7, 11) is 2.09. The topological polar surface area (TPSA) is 58.3 Å². The summed E-state index contributed by atoms with van der Waals surface area (Å²) in [6, 6.07) is 8.68. The van der Waals surface area contributed by atoms with Crippen LogP contribution < -0.4 is 5.32 Å². The number of hydrogen-bond acceptors (Lipinski definition) is 4. The molecule has 0 aliphatic carbocycles. The van der Waals surface area contributed by atoms with Crippen LogP contribution in [0.5, 0.6) is 0 Å². The van der Waals surface area contributed by atoms with Crippen molar-refractivity contribution in [2.24, 2.45) is 4.99 Å². The molecule has 0 aliphatic rings. The van der Waals surface area contributed by atoms with Gasteiger partial charge in [0.2, 0.25) is 0 Å². The minimum absolute atomic E-state index is 0. The van der Waals surface area contributed by atoms with Crippen LogP contribution in [0.3, 0.4) is 0 Å². The molecule has 0 radical (unpaired) electrons. The SMILES string of the molecule is CCc1nncn1CCNC(=NCCCSC)N(C)Cc1ccc(C)cc1.I. The zero-order valence-electron chi connectivity index (χ0n) is 17.4. The molecule has 1 aromatic carbocycles. The fourth-order valence-electron chi connectivity index (χ4n) is 2.78. The van der Waals surface area contributed by atoms with Gasteiger partial charge in [0, 0.05) is 39.6 Å². The van der Waals surface area contributed by atoms with Gasteiger partial charge in [0.25, 0.3) is 0 Å². The van der Waals surface area contributed by atoms with Crippen molar-refractivity contribution in [2.45, 2.75) is 39.8 Å². The van der Waals surface area contributed by atoms with E-state index in [4.69, 9.17) is 4.99 Å². The first-order valence-electron chi connectivity index (χ1n) is 9.54. The lowest BCUT2D eigenvalue weighted by Gasteiger charge is -2.23. The maximum absolute atomic E-state index is 4.81. The van der Waals surface area contributed by atoms with E-state index >= 15 is 0 Å². The molecule has 1 heterocycles. The molecule has 0 saturated heterocycles. The average Bonchev–Trinajstić information content (AvgIpc) is 3.13. The van der Waals surface area contributed by atoms with Crippen molar-refractivity contribution in [3.05, 3.63) is 47.5 Å². The highest BCUT2D eigenvalue weighted by atomic mass is 127. The Hall–Kier alpha value is -1.29. The highest BCUT2D eigenvalue weighted by Crippen LogP contribution is 2.06. The Labute approximate surface area is 190 Å². The van der Waals surface area contributed by atoms with Crippen LogP contribution in [0.1, 0.15) is 30.3 Å². The molecular formula is C20H33IN6S. The van der Waals surface area contributed by atoms with Crippen LogP contribution in [0.2, 0.25) is 0 Å². The zero-order valence-corrected chi connectivity index (χ0v) is 20.5. The monoisotopic (exact) mass is 516 g/mol. The lowest BCUT2D eigenvalue weighted by Crippen LogP contribution is -2.40. The molecule has 0 amide bonds. The third kappa shape index (κ3) is 8.38. The fraction of sp³-hybridized carbons (Fsp3) is 0.550. The van der Waals surface area contributed by atoms with Crippen LogP contribution in [0.15, 0.2) is 35.6 Å². The molecule has 28 heavy (non-hydrogen) atoms. The Morgan fingerprint density at radius 2 is 2.04 bits per heavy atom. The van der Waals surface area contributed by atoms with Crippen molar-refractivity contribution in [2.75, 3.05) is 32.1 Å². The molecule has 0 atom stereocenters. The molecule has 0 saturated carbocycles. The maximum atomic E-state index is 4.81. The molecule has 2 rings (SSSR count). The van der Waals surface area contributed by atoms with Gasteiger partial charge in [0.15, 0.2) is 5.96 Å². The number of nitrogens with zero attached hydrogens (tertiary/aromatic N) is 5. The van der Waals surface area contributed by atoms with Crippen molar-refractivity contribution in [3.63, 3.8) is 0 Å². The minimum atomic E-state index is 0. The highest BCUT2D eigenvalue weighted by Gasteiger charge is 2.08. The number of aliphatic imine (C=N–C) groups is 1. The molecule has 1 N–H and O–H groups in total. The second-order valence-corrected chi connectivity index (χ2v) is 7.60. The van der Waals surface area contributed by atoms with Crippen LogP contribution in [-0.4, -0.2) is 57.8 Å². The number of aryl methyl sites for hydroxylation is 2. The van der Waals surface area contributed by atoms with E-state index in [0.29, 0.717) is 0 Å². The second-order valence-electron chi connectivity index (χ2n) is 6.61. The zero-order chi connectivity index (χ0) is 19.5. The summed E-state index contributed by atoms with van der Waals surface area (Å²) in [5.74, 6) is 3.10. The van der Waals surface area contributed by atoms with Gasteiger partial charge in [-0.25, -0.2) is 0 Å². The van der Waals surface area contributed by atoms with Gasteiger partial charge in [0.1, 0.15) is 12.2 Å². The van der Waals surface area contributed by atoms with E-state index in [1.807, 2.05) is 11.8 Å². The Balaban J connectivity index is 0.00000392. The normalized spacial score (nSPS) is 11.2. The Morgan fingerprint density at radius 3 is 2.71 bits per heavy atom.